The first-order valence-electron chi connectivity index (χ1n) is 7.37. The lowest BCUT2D eigenvalue weighted by Crippen LogP contribution is -2.14. The molecule has 0 fully saturated rings. The average molecular weight is 344 g/mol. The second kappa shape index (κ2) is 7.97. The molecule has 0 heterocycles. The van der Waals surface area contributed by atoms with Crippen molar-refractivity contribution >= 4 is 17.1 Å². The number of nitrogens with one attached hydrogen (secondary N) is 1. The molecule has 0 aliphatic rings. The summed E-state index contributed by atoms with van der Waals surface area (Å²) in [5, 5.41) is 37.7. The summed E-state index contributed by atoms with van der Waals surface area (Å²) >= 11 is 0. The van der Waals surface area contributed by atoms with Gasteiger partial charge in [-0.25, -0.2) is 0 Å². The first-order valence-corrected chi connectivity index (χ1v) is 7.37. The maximum absolute atomic E-state index is 11.1. The molecule has 9 nitrogen and oxygen atoms in total. The number of nitro benzene ring substituents is 2. The predicted octanol–water partition coefficient (Wildman–Crippen LogP) is 2.49. The zero-order chi connectivity index (χ0) is 18.4. The van der Waals surface area contributed by atoms with Gasteiger partial charge in [0.15, 0.2) is 0 Å². The second-order valence-corrected chi connectivity index (χ2v) is 5.21. The summed E-state index contributed by atoms with van der Waals surface area (Å²) in [6.45, 7) is 0.610. The van der Waals surface area contributed by atoms with Gasteiger partial charge in [-0.05, 0) is 25.6 Å². The molecule has 0 unspecified atom stereocenters. The zero-order valence-corrected chi connectivity index (χ0v) is 13.4. The molecule has 0 aliphatic heterocycles. The Kier molecular flexibility index (Phi) is 5.75. The fourth-order valence-corrected chi connectivity index (χ4v) is 2.41. The van der Waals surface area contributed by atoms with E-state index in [1.807, 2.05) is 0 Å². The molecule has 25 heavy (non-hydrogen) atoms. The van der Waals surface area contributed by atoms with Crippen molar-refractivity contribution in [2.45, 2.75) is 6.42 Å². The van der Waals surface area contributed by atoms with Crippen LogP contribution in [0.2, 0.25) is 0 Å². The van der Waals surface area contributed by atoms with Gasteiger partial charge in [0.2, 0.25) is 0 Å². The van der Waals surface area contributed by atoms with E-state index in [0.717, 1.165) is 5.56 Å². The molecular formula is C16H16N4O5. The van der Waals surface area contributed by atoms with Crippen molar-refractivity contribution in [3.8, 4) is 0 Å². The lowest BCUT2D eigenvalue weighted by atomic mass is 9.95. The minimum absolute atomic E-state index is 0.0403. The van der Waals surface area contributed by atoms with Gasteiger partial charge in [0.1, 0.15) is 5.71 Å². The summed E-state index contributed by atoms with van der Waals surface area (Å²) in [5.41, 5.74) is 1.09. The minimum atomic E-state index is -0.562. The topological polar surface area (TPSA) is 131 Å². The predicted molar refractivity (Wildman–Crippen MR) is 91.2 cm³/mol. The smallest absolute Gasteiger partial charge is 0.270 e. The summed E-state index contributed by atoms with van der Waals surface area (Å²) in [4.78, 5) is 20.9. The Morgan fingerprint density at radius 2 is 1.80 bits per heavy atom. The van der Waals surface area contributed by atoms with Crippen molar-refractivity contribution in [3.05, 3.63) is 79.4 Å². The van der Waals surface area contributed by atoms with Crippen LogP contribution in [0.3, 0.4) is 0 Å². The van der Waals surface area contributed by atoms with Gasteiger partial charge in [0, 0.05) is 35.4 Å². The maximum Gasteiger partial charge on any atom is 0.270 e. The molecular weight excluding hydrogens is 328 g/mol. The van der Waals surface area contributed by atoms with Crippen molar-refractivity contribution < 1.29 is 15.1 Å². The van der Waals surface area contributed by atoms with Crippen molar-refractivity contribution in [3.63, 3.8) is 0 Å². The van der Waals surface area contributed by atoms with E-state index in [1.54, 1.807) is 19.2 Å². The van der Waals surface area contributed by atoms with Crippen molar-refractivity contribution in [2.24, 2.45) is 5.16 Å². The van der Waals surface area contributed by atoms with Crippen LogP contribution < -0.4 is 5.32 Å². The number of rotatable bonds is 7. The average Bonchev–Trinajstić information content (AvgIpc) is 2.61. The molecule has 2 aromatic rings. The van der Waals surface area contributed by atoms with Gasteiger partial charge in [-0.3, -0.25) is 20.2 Å². The normalized spacial score (nSPS) is 11.3. The van der Waals surface area contributed by atoms with Crippen LogP contribution in [0.25, 0.3) is 0 Å². The third-order valence-corrected chi connectivity index (χ3v) is 3.63. The van der Waals surface area contributed by atoms with Crippen LogP contribution in [-0.4, -0.2) is 34.4 Å². The molecule has 0 saturated carbocycles. The number of non-ortho nitro benzene ring substituents is 2. The van der Waals surface area contributed by atoms with Gasteiger partial charge in [-0.2, -0.15) is 0 Å². The van der Waals surface area contributed by atoms with Gasteiger partial charge in [0.25, 0.3) is 11.4 Å². The van der Waals surface area contributed by atoms with Crippen molar-refractivity contribution in [1.82, 2.24) is 5.32 Å². The number of hydrogen-bond donors (Lipinski definition) is 2. The van der Waals surface area contributed by atoms with Crippen molar-refractivity contribution in [1.29, 1.82) is 0 Å². The Morgan fingerprint density at radius 3 is 2.40 bits per heavy atom. The number of hydrogen-bond acceptors (Lipinski definition) is 7. The SMILES string of the molecule is CNCCc1ccc([N+](=O)[O-])cc1/C(=N\O)c1cccc([N+](=O)[O-])c1. The fourth-order valence-electron chi connectivity index (χ4n) is 2.41. The zero-order valence-electron chi connectivity index (χ0n) is 13.4. The van der Waals surface area contributed by atoms with E-state index >= 15 is 0 Å². The Bertz CT molecular complexity index is 835. The van der Waals surface area contributed by atoms with Crippen LogP contribution >= 0.6 is 0 Å². The van der Waals surface area contributed by atoms with Gasteiger partial charge in [-0.15, -0.1) is 0 Å². The Morgan fingerprint density at radius 1 is 1.12 bits per heavy atom. The molecule has 0 bridgehead atoms. The summed E-state index contributed by atoms with van der Waals surface area (Å²) in [5.74, 6) is 0. The minimum Gasteiger partial charge on any atom is -0.410 e. The number of likely N-dealkylation sites (N-methyl/N-ethyl adjacent to an activating group) is 1. The number of benzene rings is 2. The molecule has 0 spiro atoms. The summed E-state index contributed by atoms with van der Waals surface area (Å²) in [7, 11) is 1.77. The standard InChI is InChI=1S/C16H16N4O5/c1-17-8-7-11-5-6-14(20(24)25)10-15(11)16(18-21)12-3-2-4-13(9-12)19(22)23/h2-6,9-10,17,21H,7-8H2,1H3/b18-16-. The molecule has 0 amide bonds. The number of oxime groups is 1. The van der Waals surface area contributed by atoms with Gasteiger partial charge < -0.3 is 10.5 Å². The van der Waals surface area contributed by atoms with E-state index in [0.29, 0.717) is 24.1 Å². The van der Waals surface area contributed by atoms with E-state index < -0.39 is 9.85 Å². The van der Waals surface area contributed by atoms with Gasteiger partial charge in [0.05, 0.1) is 9.85 Å². The molecule has 0 radical (unpaired) electrons. The molecule has 2 rings (SSSR count). The summed E-state index contributed by atoms with van der Waals surface area (Å²) < 4.78 is 0. The molecule has 0 saturated heterocycles. The fraction of sp³-hybridized carbons (Fsp3) is 0.188. The van der Waals surface area contributed by atoms with E-state index in [1.165, 1.54) is 30.3 Å². The lowest BCUT2D eigenvalue weighted by Gasteiger charge is -2.11. The highest BCUT2D eigenvalue weighted by Crippen LogP contribution is 2.24. The van der Waals surface area contributed by atoms with Crippen LogP contribution in [0.4, 0.5) is 11.4 Å². The van der Waals surface area contributed by atoms with E-state index in [9.17, 15) is 25.4 Å². The van der Waals surface area contributed by atoms with Gasteiger partial charge >= 0.3 is 0 Å². The van der Waals surface area contributed by atoms with E-state index in [-0.39, 0.29) is 17.1 Å². The highest BCUT2D eigenvalue weighted by atomic mass is 16.6. The third kappa shape index (κ3) is 4.15. The Hall–Kier alpha value is -3.33. The molecule has 130 valence electrons. The Labute approximate surface area is 142 Å². The largest absolute Gasteiger partial charge is 0.410 e. The lowest BCUT2D eigenvalue weighted by molar-refractivity contribution is -0.385. The van der Waals surface area contributed by atoms with Crippen LogP contribution in [0.5, 0.6) is 0 Å². The van der Waals surface area contributed by atoms with Crippen LogP contribution in [-0.2, 0) is 6.42 Å². The second-order valence-electron chi connectivity index (χ2n) is 5.21. The molecule has 2 N–H and O–H groups in total. The molecule has 2 aromatic carbocycles. The quantitative estimate of drug-likeness (QED) is 0.343. The number of nitro groups is 2. The maximum atomic E-state index is 11.1. The first kappa shape index (κ1) is 18.0. The molecule has 0 atom stereocenters. The van der Waals surface area contributed by atoms with Crippen molar-refractivity contribution in [2.75, 3.05) is 13.6 Å². The molecule has 0 aromatic heterocycles. The highest BCUT2D eigenvalue weighted by molar-refractivity contribution is 6.14. The van der Waals surface area contributed by atoms with Gasteiger partial charge in [-0.1, -0.05) is 23.4 Å². The third-order valence-electron chi connectivity index (χ3n) is 3.63. The highest BCUT2D eigenvalue weighted by Gasteiger charge is 2.19. The van der Waals surface area contributed by atoms with E-state index in [4.69, 9.17) is 0 Å². The molecule has 9 heteroatoms. The Balaban J connectivity index is 2.58. The monoisotopic (exact) mass is 344 g/mol. The first-order chi connectivity index (χ1) is 12.0. The van der Waals surface area contributed by atoms with E-state index in [2.05, 4.69) is 10.5 Å². The molecule has 0 aliphatic carbocycles. The summed E-state index contributed by atoms with van der Waals surface area (Å²) in [6, 6.07) is 9.85. The summed E-state index contributed by atoms with van der Waals surface area (Å²) in [6.07, 6.45) is 0.539. The van der Waals surface area contributed by atoms with Crippen LogP contribution in [0, 0.1) is 20.2 Å². The van der Waals surface area contributed by atoms with Crippen LogP contribution in [0.15, 0.2) is 47.6 Å². The van der Waals surface area contributed by atoms with Crippen LogP contribution in [0.1, 0.15) is 16.7 Å². The number of nitrogens with zero attached hydrogens (tertiary/aromatic N) is 3.